The predicted molar refractivity (Wildman–Crippen MR) is 68.6 cm³/mol. The molecule has 0 aliphatic heterocycles. The fourth-order valence-corrected chi connectivity index (χ4v) is 2.56. The highest BCUT2D eigenvalue weighted by molar-refractivity contribution is 5.92. The minimum atomic E-state index is -0.995. The fraction of sp³-hybridized carbons (Fsp3) is 0.385. The molecule has 0 saturated heterocycles. The van der Waals surface area contributed by atoms with Crippen molar-refractivity contribution in [2.45, 2.75) is 25.0 Å². The molecule has 1 aromatic heterocycles. The second kappa shape index (κ2) is 4.24. The molecule has 2 N–H and O–H groups in total. The molecule has 1 heterocycles. The summed E-state index contributed by atoms with van der Waals surface area (Å²) in [6.45, 7) is 0. The first-order valence-electron chi connectivity index (χ1n) is 6.10. The first kappa shape index (κ1) is 12.0. The van der Waals surface area contributed by atoms with E-state index in [2.05, 4.69) is 4.98 Å². The van der Waals surface area contributed by atoms with Gasteiger partial charge in [-0.05, 0) is 31.0 Å². The van der Waals surface area contributed by atoms with Gasteiger partial charge in [0.2, 0.25) is 0 Å². The van der Waals surface area contributed by atoms with Gasteiger partial charge in [-0.2, -0.15) is 0 Å². The summed E-state index contributed by atoms with van der Waals surface area (Å²) in [4.78, 5) is 25.7. The van der Waals surface area contributed by atoms with Crippen LogP contribution in [0, 0.1) is 0 Å². The number of aromatic nitrogens is 2. The SMILES string of the molecule is COC1CC(n2c(=O)[nH]c3ccc(C(=O)O)cc32)C1. The molecule has 6 nitrogen and oxygen atoms in total. The van der Waals surface area contributed by atoms with Gasteiger partial charge in [0.25, 0.3) is 0 Å². The van der Waals surface area contributed by atoms with Crippen LogP contribution in [0.3, 0.4) is 0 Å². The van der Waals surface area contributed by atoms with Crippen LogP contribution in [0.15, 0.2) is 23.0 Å². The molecule has 1 aliphatic rings. The normalized spacial score (nSPS) is 22.4. The Kier molecular flexibility index (Phi) is 2.67. The van der Waals surface area contributed by atoms with E-state index in [0.717, 1.165) is 12.8 Å². The Balaban J connectivity index is 2.08. The molecule has 0 unspecified atom stereocenters. The predicted octanol–water partition coefficient (Wildman–Crippen LogP) is 1.38. The van der Waals surface area contributed by atoms with Crippen molar-refractivity contribution in [1.29, 1.82) is 0 Å². The molecule has 6 heteroatoms. The number of imidazole rings is 1. The van der Waals surface area contributed by atoms with Crippen LogP contribution in [0.5, 0.6) is 0 Å². The molecule has 1 saturated carbocycles. The summed E-state index contributed by atoms with van der Waals surface area (Å²) in [7, 11) is 1.65. The summed E-state index contributed by atoms with van der Waals surface area (Å²) in [5, 5.41) is 9.01. The summed E-state index contributed by atoms with van der Waals surface area (Å²) in [5.41, 5.74) is 1.29. The number of carboxylic acids is 1. The second-order valence-electron chi connectivity index (χ2n) is 4.82. The van der Waals surface area contributed by atoms with Crippen molar-refractivity contribution in [3.05, 3.63) is 34.2 Å². The van der Waals surface area contributed by atoms with Crippen LogP contribution in [-0.4, -0.2) is 33.8 Å². The molecular weight excluding hydrogens is 248 g/mol. The van der Waals surface area contributed by atoms with E-state index in [1.165, 1.54) is 12.1 Å². The number of benzene rings is 1. The fourth-order valence-electron chi connectivity index (χ4n) is 2.56. The van der Waals surface area contributed by atoms with Crippen molar-refractivity contribution in [2.24, 2.45) is 0 Å². The number of aromatic carboxylic acids is 1. The lowest BCUT2D eigenvalue weighted by Gasteiger charge is -2.34. The first-order valence-corrected chi connectivity index (χ1v) is 6.10. The number of methoxy groups -OCH3 is 1. The number of H-pyrrole nitrogens is 1. The van der Waals surface area contributed by atoms with Crippen LogP contribution in [0.4, 0.5) is 0 Å². The molecule has 3 rings (SSSR count). The van der Waals surface area contributed by atoms with E-state index >= 15 is 0 Å². The molecule has 2 aromatic rings. The van der Waals surface area contributed by atoms with E-state index in [9.17, 15) is 9.59 Å². The number of hydrogen-bond acceptors (Lipinski definition) is 3. The van der Waals surface area contributed by atoms with Gasteiger partial charge in [0.1, 0.15) is 0 Å². The van der Waals surface area contributed by atoms with E-state index in [1.807, 2.05) is 0 Å². The molecule has 19 heavy (non-hydrogen) atoms. The molecule has 1 aromatic carbocycles. The molecule has 0 amide bonds. The molecule has 100 valence electrons. The molecule has 0 spiro atoms. The summed E-state index contributed by atoms with van der Waals surface area (Å²) < 4.78 is 6.84. The third kappa shape index (κ3) is 1.84. The lowest BCUT2D eigenvalue weighted by Crippen LogP contribution is -2.36. The Labute approximate surface area is 108 Å². The Morgan fingerprint density at radius 3 is 2.84 bits per heavy atom. The average molecular weight is 262 g/mol. The number of nitrogens with zero attached hydrogens (tertiary/aromatic N) is 1. The first-order chi connectivity index (χ1) is 9.10. The topological polar surface area (TPSA) is 84.3 Å². The van der Waals surface area contributed by atoms with Gasteiger partial charge in [0.05, 0.1) is 22.7 Å². The zero-order valence-corrected chi connectivity index (χ0v) is 10.4. The number of hydrogen-bond donors (Lipinski definition) is 2. The highest BCUT2D eigenvalue weighted by Gasteiger charge is 2.32. The largest absolute Gasteiger partial charge is 0.478 e. The minimum absolute atomic E-state index is 0.0789. The number of rotatable bonds is 3. The van der Waals surface area contributed by atoms with Crippen LogP contribution in [0.25, 0.3) is 11.0 Å². The average Bonchev–Trinajstić information content (AvgIpc) is 2.64. The number of ether oxygens (including phenoxy) is 1. The van der Waals surface area contributed by atoms with Crippen molar-refractivity contribution in [3.8, 4) is 0 Å². The maximum absolute atomic E-state index is 12.0. The number of fused-ring (bicyclic) bond motifs is 1. The van der Waals surface area contributed by atoms with Crippen molar-refractivity contribution >= 4 is 17.0 Å². The quantitative estimate of drug-likeness (QED) is 0.875. The summed E-state index contributed by atoms with van der Waals surface area (Å²) in [6.07, 6.45) is 1.74. The van der Waals surface area contributed by atoms with Gasteiger partial charge in [0, 0.05) is 13.2 Å². The Hall–Kier alpha value is -2.08. The summed E-state index contributed by atoms with van der Waals surface area (Å²) in [6, 6.07) is 4.73. The highest BCUT2D eigenvalue weighted by Crippen LogP contribution is 2.35. The van der Waals surface area contributed by atoms with Gasteiger partial charge in [-0.15, -0.1) is 0 Å². The monoisotopic (exact) mass is 262 g/mol. The molecular formula is C13H14N2O4. The Morgan fingerprint density at radius 2 is 2.21 bits per heavy atom. The molecule has 0 bridgehead atoms. The molecule has 1 fully saturated rings. The van der Waals surface area contributed by atoms with Gasteiger partial charge in [0.15, 0.2) is 0 Å². The van der Waals surface area contributed by atoms with Gasteiger partial charge < -0.3 is 14.8 Å². The van der Waals surface area contributed by atoms with Crippen LogP contribution in [0.2, 0.25) is 0 Å². The summed E-state index contributed by atoms with van der Waals surface area (Å²) in [5.74, 6) is -0.995. The number of nitrogens with one attached hydrogen (secondary N) is 1. The van der Waals surface area contributed by atoms with Gasteiger partial charge in [-0.25, -0.2) is 9.59 Å². The second-order valence-corrected chi connectivity index (χ2v) is 4.82. The Bertz CT molecular complexity index is 694. The van der Waals surface area contributed by atoms with Crippen LogP contribution < -0.4 is 5.69 Å². The minimum Gasteiger partial charge on any atom is -0.478 e. The maximum atomic E-state index is 12.0. The molecule has 1 aliphatic carbocycles. The van der Waals surface area contributed by atoms with Crippen LogP contribution >= 0.6 is 0 Å². The lowest BCUT2D eigenvalue weighted by molar-refractivity contribution is 0.00647. The maximum Gasteiger partial charge on any atom is 0.335 e. The van der Waals surface area contributed by atoms with E-state index in [0.29, 0.717) is 11.0 Å². The van der Waals surface area contributed by atoms with Crippen LogP contribution in [0.1, 0.15) is 29.2 Å². The van der Waals surface area contributed by atoms with Crippen LogP contribution in [-0.2, 0) is 4.74 Å². The van der Waals surface area contributed by atoms with E-state index in [-0.39, 0.29) is 23.4 Å². The van der Waals surface area contributed by atoms with Crippen molar-refractivity contribution in [1.82, 2.24) is 9.55 Å². The van der Waals surface area contributed by atoms with Gasteiger partial charge in [-0.1, -0.05) is 0 Å². The highest BCUT2D eigenvalue weighted by atomic mass is 16.5. The van der Waals surface area contributed by atoms with Gasteiger partial charge in [-0.3, -0.25) is 4.57 Å². The third-order valence-electron chi connectivity index (χ3n) is 3.73. The summed E-state index contributed by atoms with van der Waals surface area (Å²) >= 11 is 0. The lowest BCUT2D eigenvalue weighted by atomic mass is 9.89. The number of carbonyl (C=O) groups is 1. The number of aromatic amines is 1. The third-order valence-corrected chi connectivity index (χ3v) is 3.73. The zero-order valence-electron chi connectivity index (χ0n) is 10.4. The zero-order chi connectivity index (χ0) is 13.6. The van der Waals surface area contributed by atoms with Gasteiger partial charge >= 0.3 is 11.7 Å². The smallest absolute Gasteiger partial charge is 0.335 e. The van der Waals surface area contributed by atoms with E-state index < -0.39 is 5.97 Å². The molecule has 0 radical (unpaired) electrons. The van der Waals surface area contributed by atoms with E-state index in [1.54, 1.807) is 17.7 Å². The van der Waals surface area contributed by atoms with Crippen molar-refractivity contribution in [2.75, 3.05) is 7.11 Å². The standard InChI is InChI=1S/C13H14N2O4/c1-19-9-5-8(6-9)15-11-4-7(12(16)17)2-3-10(11)14-13(15)18/h2-4,8-9H,5-6H2,1H3,(H,14,18)(H,16,17). The Morgan fingerprint density at radius 1 is 1.47 bits per heavy atom. The number of carboxylic acid groups (broad SMARTS) is 1. The molecule has 0 atom stereocenters. The van der Waals surface area contributed by atoms with Crippen molar-refractivity contribution < 1.29 is 14.6 Å². The van der Waals surface area contributed by atoms with Crippen molar-refractivity contribution in [3.63, 3.8) is 0 Å². The van der Waals surface area contributed by atoms with E-state index in [4.69, 9.17) is 9.84 Å².